The number of aliphatic hydroxyl groups is 9. The molecule has 3 heterocycles. The zero-order valence-corrected chi connectivity index (χ0v) is 28.7. The minimum Gasteiger partial charge on any atom is -0.477 e. The maximum Gasteiger partial charge on any atom is 0.364 e. The van der Waals surface area contributed by atoms with E-state index in [0.29, 0.717) is 19.4 Å². The summed E-state index contributed by atoms with van der Waals surface area (Å²) in [5, 5.41) is 110. The summed E-state index contributed by atoms with van der Waals surface area (Å²) >= 11 is 0. The normalized spacial score (nSPS) is 39.3. The van der Waals surface area contributed by atoms with Gasteiger partial charge in [0.1, 0.15) is 67.1 Å². The van der Waals surface area contributed by atoms with Crippen LogP contribution in [0.15, 0.2) is 0 Å². The van der Waals surface area contributed by atoms with Crippen LogP contribution in [-0.4, -0.2) is 199 Å². The number of rotatable bonds is 18. The number of carbonyl (C=O) groups excluding carboxylic acids is 2. The molecule has 52 heavy (non-hydrogen) atoms. The second-order valence-electron chi connectivity index (χ2n) is 13.0. The van der Waals surface area contributed by atoms with Crippen molar-refractivity contribution < 1.29 is 93.9 Å². The lowest BCUT2D eigenvalue weighted by Crippen LogP contribution is -2.69. The van der Waals surface area contributed by atoms with Gasteiger partial charge in [-0.2, -0.15) is 0 Å². The number of hydrogen-bond donors (Lipinski definition) is 13. The predicted molar refractivity (Wildman–Crippen MR) is 168 cm³/mol. The van der Waals surface area contributed by atoms with Crippen LogP contribution < -0.4 is 16.4 Å². The summed E-state index contributed by atoms with van der Waals surface area (Å²) in [6.45, 7) is 0.00151. The van der Waals surface area contributed by atoms with E-state index < -0.39 is 142 Å². The third-order valence-electron chi connectivity index (χ3n) is 8.98. The van der Waals surface area contributed by atoms with Gasteiger partial charge in [0.05, 0.1) is 32.0 Å². The van der Waals surface area contributed by atoms with Gasteiger partial charge in [-0.1, -0.05) is 0 Å². The van der Waals surface area contributed by atoms with E-state index in [1.807, 2.05) is 0 Å². The zero-order chi connectivity index (χ0) is 38.9. The van der Waals surface area contributed by atoms with Crippen molar-refractivity contribution in [2.75, 3.05) is 33.0 Å². The molecule has 22 nitrogen and oxygen atoms in total. The minimum absolute atomic E-state index is 0.103. The number of ether oxygens (including phenoxy) is 6. The highest BCUT2D eigenvalue weighted by Gasteiger charge is 2.57. The molecule has 3 saturated heterocycles. The van der Waals surface area contributed by atoms with Crippen molar-refractivity contribution in [1.29, 1.82) is 0 Å². The molecule has 3 aliphatic rings. The van der Waals surface area contributed by atoms with Crippen LogP contribution in [0.25, 0.3) is 0 Å². The Morgan fingerprint density at radius 2 is 1.50 bits per heavy atom. The minimum atomic E-state index is -2.84. The maximum absolute atomic E-state index is 12.6. The monoisotopic (exact) mass is 759 g/mol. The fourth-order valence-corrected chi connectivity index (χ4v) is 6.20. The quantitative estimate of drug-likeness (QED) is 0.0577. The van der Waals surface area contributed by atoms with Gasteiger partial charge in [-0.25, -0.2) is 4.79 Å². The van der Waals surface area contributed by atoms with E-state index in [2.05, 4.69) is 10.6 Å². The van der Waals surface area contributed by atoms with Gasteiger partial charge < -0.3 is 95.9 Å². The Kier molecular flexibility index (Phi) is 16.9. The molecule has 0 aliphatic carbocycles. The zero-order valence-electron chi connectivity index (χ0n) is 28.7. The highest BCUT2D eigenvalue weighted by Crippen LogP contribution is 2.35. The first kappa shape index (κ1) is 44.2. The highest BCUT2D eigenvalue weighted by atomic mass is 16.8. The van der Waals surface area contributed by atoms with Crippen molar-refractivity contribution >= 4 is 17.8 Å². The van der Waals surface area contributed by atoms with Crippen molar-refractivity contribution in [3.8, 4) is 0 Å². The van der Waals surface area contributed by atoms with Crippen molar-refractivity contribution in [3.05, 3.63) is 0 Å². The van der Waals surface area contributed by atoms with Crippen molar-refractivity contribution in [3.63, 3.8) is 0 Å². The Labute approximate surface area is 298 Å². The molecule has 0 aromatic rings. The first-order valence-electron chi connectivity index (χ1n) is 16.9. The van der Waals surface area contributed by atoms with Crippen LogP contribution in [-0.2, 0) is 42.8 Å². The molecular formula is C30H53N3O19. The molecule has 302 valence electrons. The summed E-state index contributed by atoms with van der Waals surface area (Å²) < 4.78 is 34.0. The molecule has 2 amide bonds. The Morgan fingerprint density at radius 1 is 0.865 bits per heavy atom. The van der Waals surface area contributed by atoms with Crippen molar-refractivity contribution in [2.24, 2.45) is 5.73 Å². The van der Waals surface area contributed by atoms with E-state index in [1.54, 1.807) is 0 Å². The van der Waals surface area contributed by atoms with E-state index in [4.69, 9.17) is 34.2 Å². The molecule has 0 bridgehead atoms. The molecule has 3 fully saturated rings. The van der Waals surface area contributed by atoms with E-state index in [9.17, 15) is 65.4 Å². The SMILES string of the molecule is CC(=O)N[C@H]1[C@H](O[C@@H]2[C@@H](O)[C@H](OCCCCCN)O[C@H](CO)[C@H]2O)O[C@H](CO[C@]2(C(=O)O)C[C@H](O)[C@@H](NC(C)=O)[C@H]([C@H](O)[C@H](O)CO)O2)[C@@H](O)[C@@H]1O. The number of carboxylic acid groups (broad SMARTS) is 1. The third-order valence-corrected chi connectivity index (χ3v) is 8.98. The second-order valence-corrected chi connectivity index (χ2v) is 13.0. The van der Waals surface area contributed by atoms with E-state index in [0.717, 1.165) is 20.3 Å². The van der Waals surface area contributed by atoms with Gasteiger partial charge in [-0.15, -0.1) is 0 Å². The van der Waals surface area contributed by atoms with E-state index >= 15 is 0 Å². The molecule has 16 atom stereocenters. The van der Waals surface area contributed by atoms with Crippen LogP contribution in [0.3, 0.4) is 0 Å². The van der Waals surface area contributed by atoms with Gasteiger partial charge in [0.2, 0.25) is 11.8 Å². The van der Waals surface area contributed by atoms with Crippen LogP contribution in [0.2, 0.25) is 0 Å². The predicted octanol–water partition coefficient (Wildman–Crippen LogP) is -6.93. The van der Waals surface area contributed by atoms with Gasteiger partial charge >= 0.3 is 5.97 Å². The Morgan fingerprint density at radius 3 is 2.08 bits per heavy atom. The molecule has 3 rings (SSSR count). The lowest BCUT2D eigenvalue weighted by Gasteiger charge is -2.48. The number of aliphatic carboxylic acids is 1. The number of carbonyl (C=O) groups is 3. The maximum atomic E-state index is 12.6. The molecule has 0 spiro atoms. The first-order valence-corrected chi connectivity index (χ1v) is 16.9. The molecule has 0 radical (unpaired) electrons. The first-order chi connectivity index (χ1) is 24.5. The van der Waals surface area contributed by atoms with Gasteiger partial charge in [-0.05, 0) is 25.8 Å². The fourth-order valence-electron chi connectivity index (χ4n) is 6.20. The molecule has 0 aromatic carbocycles. The van der Waals surface area contributed by atoms with Gasteiger partial charge in [0.25, 0.3) is 5.79 Å². The molecule has 0 aromatic heterocycles. The third kappa shape index (κ3) is 10.7. The lowest BCUT2D eigenvalue weighted by molar-refractivity contribution is -0.356. The van der Waals surface area contributed by atoms with Gasteiger partial charge in [-0.3, -0.25) is 9.59 Å². The largest absolute Gasteiger partial charge is 0.477 e. The van der Waals surface area contributed by atoms with Gasteiger partial charge in [0.15, 0.2) is 12.6 Å². The molecule has 14 N–H and O–H groups in total. The Hall–Kier alpha value is -2.23. The standard InChI is InChI=1S/C30H53N3O19/c1-12(36)32-18-14(38)8-30(29(45)46,52-25(18)20(40)15(39)9-34)48-11-17-21(41)23(43)19(33-13(2)37)27(50-17)51-26-22(42)16(10-35)49-28(24(26)44)47-7-5-3-4-6-31/h14-28,34-35,38-44H,3-11,31H2,1-2H3,(H,32,36)(H,33,37)(H,45,46)/t14-,15+,16+,17+,18+,19+,20+,21+,22+,23+,24+,25+,26-,27-,28+,30+/m0/s1. The van der Waals surface area contributed by atoms with E-state index in [-0.39, 0.29) is 6.61 Å². The summed E-state index contributed by atoms with van der Waals surface area (Å²) in [7, 11) is 0. The summed E-state index contributed by atoms with van der Waals surface area (Å²) in [5.41, 5.74) is 5.50. The summed E-state index contributed by atoms with van der Waals surface area (Å²) in [5.74, 6) is -6.15. The van der Waals surface area contributed by atoms with Crippen LogP contribution in [0, 0.1) is 0 Å². The van der Waals surface area contributed by atoms with Crippen LogP contribution in [0.5, 0.6) is 0 Å². The van der Waals surface area contributed by atoms with E-state index in [1.165, 1.54) is 0 Å². The average Bonchev–Trinajstić information content (AvgIpc) is 3.09. The summed E-state index contributed by atoms with van der Waals surface area (Å²) in [6.07, 6.45) is -21.8. The van der Waals surface area contributed by atoms with Gasteiger partial charge in [0, 0.05) is 26.9 Å². The molecule has 3 aliphatic heterocycles. The van der Waals surface area contributed by atoms with Crippen molar-refractivity contribution in [1.82, 2.24) is 10.6 Å². The average molecular weight is 760 g/mol. The molecule has 0 unspecified atom stereocenters. The number of amides is 2. The number of carboxylic acids is 1. The number of nitrogens with two attached hydrogens (primary N) is 1. The summed E-state index contributed by atoms with van der Waals surface area (Å²) in [6, 6.07) is -3.05. The number of unbranched alkanes of at least 4 members (excludes halogenated alkanes) is 2. The highest BCUT2D eigenvalue weighted by molar-refractivity contribution is 5.76. The number of hydrogen-bond acceptors (Lipinski definition) is 19. The lowest BCUT2D eigenvalue weighted by atomic mass is 9.88. The molecule has 0 saturated carbocycles. The Bertz CT molecular complexity index is 1160. The number of aliphatic hydroxyl groups excluding tert-OH is 9. The molecular weight excluding hydrogens is 706 g/mol. The second kappa shape index (κ2) is 19.9. The van der Waals surface area contributed by atoms with Crippen LogP contribution >= 0.6 is 0 Å². The van der Waals surface area contributed by atoms with Crippen LogP contribution in [0.4, 0.5) is 0 Å². The van der Waals surface area contributed by atoms with Crippen LogP contribution in [0.1, 0.15) is 39.5 Å². The molecule has 22 heteroatoms. The summed E-state index contributed by atoms with van der Waals surface area (Å²) in [4.78, 5) is 36.5. The van der Waals surface area contributed by atoms with Crippen molar-refractivity contribution in [2.45, 2.75) is 137 Å². The number of nitrogens with one attached hydrogen (secondary N) is 2. The smallest absolute Gasteiger partial charge is 0.364 e. The fraction of sp³-hybridized carbons (Fsp3) is 0.900. The Balaban J connectivity index is 1.87. The topological polar surface area (TPSA) is 359 Å².